The van der Waals surface area contributed by atoms with Gasteiger partial charge in [-0.1, -0.05) is 20.8 Å². The minimum absolute atomic E-state index is 0.0286. The van der Waals surface area contributed by atoms with Crippen LogP contribution in [0.4, 0.5) is 4.79 Å². The third-order valence-electron chi connectivity index (χ3n) is 2.03. The van der Waals surface area contributed by atoms with Crippen LogP contribution in [0.15, 0.2) is 0 Å². The molecule has 0 aromatic rings. The molecule has 1 atom stereocenters. The minimum Gasteiger partial charge on any atom is -0.444 e. The van der Waals surface area contributed by atoms with Gasteiger partial charge in [-0.3, -0.25) is 4.79 Å². The quantitative estimate of drug-likeness (QED) is 0.805. The van der Waals surface area contributed by atoms with Gasteiger partial charge < -0.3 is 10.1 Å². The zero-order valence-corrected chi connectivity index (χ0v) is 11.1. The van der Waals surface area contributed by atoms with Crippen molar-refractivity contribution in [3.05, 3.63) is 0 Å². The molecule has 1 N–H and O–H groups in total. The summed E-state index contributed by atoms with van der Waals surface area (Å²) in [5, 5.41) is 2.61. The molecule has 4 nitrogen and oxygen atoms in total. The first-order valence-electron chi connectivity index (χ1n) is 5.69. The first kappa shape index (κ1) is 14.9. The Hall–Kier alpha value is -1.06. The molecule has 0 saturated carbocycles. The summed E-state index contributed by atoms with van der Waals surface area (Å²) >= 11 is 0. The monoisotopic (exact) mass is 229 g/mol. The van der Waals surface area contributed by atoms with Gasteiger partial charge in [0.05, 0.1) is 6.04 Å². The van der Waals surface area contributed by atoms with Crippen molar-refractivity contribution < 1.29 is 14.3 Å². The highest BCUT2D eigenvalue weighted by Crippen LogP contribution is 2.09. The Bertz CT molecular complexity index is 253. The lowest BCUT2D eigenvalue weighted by molar-refractivity contribution is -0.121. The van der Waals surface area contributed by atoms with Crippen LogP contribution in [0.25, 0.3) is 0 Å². The molecule has 0 heterocycles. The lowest BCUT2D eigenvalue weighted by Crippen LogP contribution is -2.46. The van der Waals surface area contributed by atoms with E-state index in [1.807, 2.05) is 13.8 Å². The van der Waals surface area contributed by atoms with E-state index >= 15 is 0 Å². The normalized spacial score (nSPS) is 13.4. The largest absolute Gasteiger partial charge is 0.444 e. The maximum Gasteiger partial charge on any atom is 0.408 e. The van der Waals surface area contributed by atoms with Crippen LogP contribution >= 0.6 is 0 Å². The molecule has 94 valence electrons. The van der Waals surface area contributed by atoms with E-state index in [0.717, 1.165) is 0 Å². The van der Waals surface area contributed by atoms with E-state index in [0.29, 0.717) is 6.42 Å². The number of alkyl carbamates (subject to hydrolysis) is 1. The van der Waals surface area contributed by atoms with E-state index in [-0.39, 0.29) is 11.7 Å². The average molecular weight is 229 g/mol. The second kappa shape index (κ2) is 5.87. The number of rotatable bonds is 4. The second-order valence-corrected chi connectivity index (χ2v) is 5.19. The summed E-state index contributed by atoms with van der Waals surface area (Å²) in [6.45, 7) is 11.0. The number of Topliss-reactive ketones (excluding diaryl/α,β-unsaturated/α-hetero) is 1. The summed E-state index contributed by atoms with van der Waals surface area (Å²) in [5.41, 5.74) is -0.541. The molecule has 1 unspecified atom stereocenters. The fourth-order valence-corrected chi connectivity index (χ4v) is 1.27. The van der Waals surface area contributed by atoms with Gasteiger partial charge in [0.1, 0.15) is 5.60 Å². The van der Waals surface area contributed by atoms with Crippen LogP contribution < -0.4 is 5.32 Å². The van der Waals surface area contributed by atoms with Gasteiger partial charge in [0.2, 0.25) is 0 Å². The molecule has 0 rings (SSSR count). The van der Waals surface area contributed by atoms with Crippen LogP contribution in [-0.4, -0.2) is 23.5 Å². The standard InChI is InChI=1S/C12H23NO3/c1-7-9(14)10(8(2)3)13-11(15)16-12(4,5)6/h8,10H,7H2,1-6H3,(H,13,15). The Labute approximate surface area is 97.7 Å². The maximum absolute atomic E-state index is 11.6. The molecule has 0 aromatic heterocycles. The molecule has 0 bridgehead atoms. The number of hydrogen-bond acceptors (Lipinski definition) is 3. The number of hydrogen-bond donors (Lipinski definition) is 1. The average Bonchev–Trinajstić information content (AvgIpc) is 2.09. The molecule has 0 radical (unpaired) electrons. The van der Waals surface area contributed by atoms with Crippen LogP contribution in [-0.2, 0) is 9.53 Å². The third kappa shape index (κ3) is 5.73. The third-order valence-corrected chi connectivity index (χ3v) is 2.03. The lowest BCUT2D eigenvalue weighted by atomic mass is 9.99. The molecular formula is C12H23NO3. The topological polar surface area (TPSA) is 55.4 Å². The van der Waals surface area contributed by atoms with Crippen LogP contribution in [0, 0.1) is 5.92 Å². The minimum atomic E-state index is -0.541. The summed E-state index contributed by atoms with van der Waals surface area (Å²) in [6.07, 6.45) is -0.119. The predicted octanol–water partition coefficient (Wildman–Crippen LogP) is 2.51. The van der Waals surface area contributed by atoms with Gasteiger partial charge in [-0.05, 0) is 26.7 Å². The summed E-state index contributed by atoms with van der Waals surface area (Å²) in [7, 11) is 0. The Kier molecular flexibility index (Phi) is 5.48. The molecule has 0 aromatic carbocycles. The molecule has 0 aliphatic rings. The number of carbonyl (C=O) groups is 2. The van der Waals surface area contributed by atoms with Gasteiger partial charge in [-0.2, -0.15) is 0 Å². The zero-order chi connectivity index (χ0) is 12.9. The summed E-state index contributed by atoms with van der Waals surface area (Å²) in [5.74, 6) is 0.0980. The molecule has 0 aliphatic carbocycles. The van der Waals surface area contributed by atoms with Gasteiger partial charge in [-0.15, -0.1) is 0 Å². The van der Waals surface area contributed by atoms with E-state index in [2.05, 4.69) is 5.32 Å². The molecule has 0 saturated heterocycles. The van der Waals surface area contributed by atoms with Crippen molar-refractivity contribution in [3.63, 3.8) is 0 Å². The molecular weight excluding hydrogens is 206 g/mol. The fourth-order valence-electron chi connectivity index (χ4n) is 1.27. The highest BCUT2D eigenvalue weighted by atomic mass is 16.6. The summed E-state index contributed by atoms with van der Waals surface area (Å²) in [6, 6.07) is -0.458. The number of ether oxygens (including phenoxy) is 1. The van der Waals surface area contributed by atoms with Crippen molar-refractivity contribution in [1.29, 1.82) is 0 Å². The summed E-state index contributed by atoms with van der Waals surface area (Å²) in [4.78, 5) is 23.1. The summed E-state index contributed by atoms with van der Waals surface area (Å²) < 4.78 is 5.11. The lowest BCUT2D eigenvalue weighted by Gasteiger charge is -2.24. The van der Waals surface area contributed by atoms with Gasteiger partial charge in [0, 0.05) is 6.42 Å². The number of amides is 1. The van der Waals surface area contributed by atoms with Crippen molar-refractivity contribution >= 4 is 11.9 Å². The molecule has 4 heteroatoms. The van der Waals surface area contributed by atoms with Crippen molar-refractivity contribution in [2.75, 3.05) is 0 Å². The molecule has 0 aliphatic heterocycles. The smallest absolute Gasteiger partial charge is 0.408 e. The Balaban J connectivity index is 4.42. The van der Waals surface area contributed by atoms with E-state index in [9.17, 15) is 9.59 Å². The first-order valence-corrected chi connectivity index (χ1v) is 5.69. The first-order chi connectivity index (χ1) is 7.17. The molecule has 0 spiro atoms. The van der Waals surface area contributed by atoms with E-state index < -0.39 is 17.7 Å². The Morgan fingerprint density at radius 1 is 1.25 bits per heavy atom. The number of nitrogens with one attached hydrogen (secondary N) is 1. The van der Waals surface area contributed by atoms with Gasteiger partial charge in [0.25, 0.3) is 0 Å². The van der Waals surface area contributed by atoms with E-state index in [1.54, 1.807) is 27.7 Å². The highest BCUT2D eigenvalue weighted by Gasteiger charge is 2.25. The van der Waals surface area contributed by atoms with Crippen LogP contribution in [0.5, 0.6) is 0 Å². The van der Waals surface area contributed by atoms with Crippen molar-refractivity contribution in [1.82, 2.24) is 5.32 Å². The van der Waals surface area contributed by atoms with Crippen molar-refractivity contribution in [2.24, 2.45) is 5.92 Å². The molecule has 0 fully saturated rings. The van der Waals surface area contributed by atoms with E-state index in [4.69, 9.17) is 4.74 Å². The molecule has 16 heavy (non-hydrogen) atoms. The van der Waals surface area contributed by atoms with Crippen LogP contribution in [0.2, 0.25) is 0 Å². The maximum atomic E-state index is 11.6. The highest BCUT2D eigenvalue weighted by molar-refractivity contribution is 5.87. The SMILES string of the molecule is CCC(=O)C(NC(=O)OC(C)(C)C)C(C)C. The second-order valence-electron chi connectivity index (χ2n) is 5.19. The number of carbonyl (C=O) groups excluding carboxylic acids is 2. The Morgan fingerprint density at radius 2 is 1.75 bits per heavy atom. The van der Waals surface area contributed by atoms with Gasteiger partial charge in [-0.25, -0.2) is 4.79 Å². The number of ketones is 1. The zero-order valence-electron chi connectivity index (χ0n) is 11.1. The van der Waals surface area contributed by atoms with Crippen molar-refractivity contribution in [2.45, 2.75) is 59.6 Å². The van der Waals surface area contributed by atoms with Crippen LogP contribution in [0.1, 0.15) is 48.0 Å². The van der Waals surface area contributed by atoms with Crippen molar-refractivity contribution in [3.8, 4) is 0 Å². The van der Waals surface area contributed by atoms with Gasteiger partial charge >= 0.3 is 6.09 Å². The Morgan fingerprint density at radius 3 is 2.06 bits per heavy atom. The fraction of sp³-hybridized carbons (Fsp3) is 0.833. The predicted molar refractivity (Wildman–Crippen MR) is 63.3 cm³/mol. The van der Waals surface area contributed by atoms with Crippen LogP contribution in [0.3, 0.4) is 0 Å². The van der Waals surface area contributed by atoms with E-state index in [1.165, 1.54) is 0 Å². The molecule has 1 amide bonds. The van der Waals surface area contributed by atoms with Gasteiger partial charge in [0.15, 0.2) is 5.78 Å².